The Kier molecular flexibility index (Phi) is 0.704. The molecule has 10 heavy (non-hydrogen) atoms. The molecule has 0 saturated heterocycles. The second-order valence-electron chi connectivity index (χ2n) is 4.29. The molecule has 2 unspecified atom stereocenters. The SMILES string of the molecule is O=C1C2CC2CCC12CC2. The Morgan fingerprint density at radius 2 is 2.10 bits per heavy atom. The molecule has 1 spiro atoms. The van der Waals surface area contributed by atoms with Crippen LogP contribution in [0.25, 0.3) is 0 Å². The highest BCUT2D eigenvalue weighted by Gasteiger charge is 2.60. The molecule has 1 heteroatoms. The van der Waals surface area contributed by atoms with Crippen molar-refractivity contribution in [2.45, 2.75) is 32.1 Å². The highest BCUT2D eigenvalue weighted by molar-refractivity contribution is 5.92. The van der Waals surface area contributed by atoms with E-state index in [-0.39, 0.29) is 5.41 Å². The molecule has 0 aromatic carbocycles. The Morgan fingerprint density at radius 1 is 1.30 bits per heavy atom. The van der Waals surface area contributed by atoms with E-state index in [0.29, 0.717) is 11.7 Å². The van der Waals surface area contributed by atoms with Crippen molar-refractivity contribution >= 4 is 5.78 Å². The monoisotopic (exact) mass is 136 g/mol. The van der Waals surface area contributed by atoms with E-state index in [1.165, 1.54) is 32.1 Å². The Balaban J connectivity index is 1.93. The lowest BCUT2D eigenvalue weighted by molar-refractivity contribution is -0.127. The predicted molar refractivity (Wildman–Crippen MR) is 37.5 cm³/mol. The molecule has 1 nitrogen and oxygen atoms in total. The van der Waals surface area contributed by atoms with Gasteiger partial charge in [0.1, 0.15) is 5.78 Å². The summed E-state index contributed by atoms with van der Waals surface area (Å²) in [6, 6.07) is 0. The Labute approximate surface area is 60.8 Å². The molecule has 0 radical (unpaired) electrons. The van der Waals surface area contributed by atoms with Crippen LogP contribution >= 0.6 is 0 Å². The summed E-state index contributed by atoms with van der Waals surface area (Å²) >= 11 is 0. The summed E-state index contributed by atoms with van der Waals surface area (Å²) in [7, 11) is 0. The van der Waals surface area contributed by atoms with Gasteiger partial charge in [0.15, 0.2) is 0 Å². The van der Waals surface area contributed by atoms with E-state index in [1.54, 1.807) is 0 Å². The average molecular weight is 136 g/mol. The van der Waals surface area contributed by atoms with Gasteiger partial charge in [-0.25, -0.2) is 0 Å². The van der Waals surface area contributed by atoms with Gasteiger partial charge in [0.25, 0.3) is 0 Å². The number of carbonyl (C=O) groups is 1. The normalized spacial score (nSPS) is 47.0. The van der Waals surface area contributed by atoms with Crippen LogP contribution in [0.3, 0.4) is 0 Å². The standard InChI is InChI=1S/C9H12O/c10-8-7-5-6(7)1-2-9(8)3-4-9/h6-7H,1-5H2. The maximum absolute atomic E-state index is 11.6. The van der Waals surface area contributed by atoms with Gasteiger partial charge in [-0.3, -0.25) is 4.79 Å². The Morgan fingerprint density at radius 3 is 2.80 bits per heavy atom. The maximum atomic E-state index is 11.6. The summed E-state index contributed by atoms with van der Waals surface area (Å²) in [6.07, 6.45) is 6.26. The molecule has 0 aliphatic heterocycles. The van der Waals surface area contributed by atoms with E-state index in [1.807, 2.05) is 0 Å². The summed E-state index contributed by atoms with van der Waals surface area (Å²) in [6.45, 7) is 0. The van der Waals surface area contributed by atoms with Crippen LogP contribution in [0.1, 0.15) is 32.1 Å². The van der Waals surface area contributed by atoms with Crippen molar-refractivity contribution in [1.82, 2.24) is 0 Å². The van der Waals surface area contributed by atoms with E-state index in [0.717, 1.165) is 5.92 Å². The molecular formula is C9H12O. The zero-order valence-electron chi connectivity index (χ0n) is 6.10. The van der Waals surface area contributed by atoms with Gasteiger partial charge in [-0.15, -0.1) is 0 Å². The number of rotatable bonds is 0. The fourth-order valence-corrected chi connectivity index (χ4v) is 2.51. The molecule has 3 aliphatic rings. The number of ketones is 1. The third-order valence-corrected chi connectivity index (χ3v) is 3.63. The van der Waals surface area contributed by atoms with Crippen molar-refractivity contribution in [2.24, 2.45) is 17.3 Å². The minimum Gasteiger partial charge on any atom is -0.299 e. The van der Waals surface area contributed by atoms with Crippen LogP contribution in [0, 0.1) is 17.3 Å². The van der Waals surface area contributed by atoms with Gasteiger partial charge in [0.2, 0.25) is 0 Å². The molecule has 3 rings (SSSR count). The summed E-state index contributed by atoms with van der Waals surface area (Å²) in [5.41, 5.74) is 0.262. The second-order valence-corrected chi connectivity index (χ2v) is 4.29. The van der Waals surface area contributed by atoms with Crippen molar-refractivity contribution in [2.75, 3.05) is 0 Å². The molecule has 0 heterocycles. The van der Waals surface area contributed by atoms with Crippen LogP contribution in [-0.4, -0.2) is 5.78 Å². The molecule has 0 aromatic heterocycles. The fourth-order valence-electron chi connectivity index (χ4n) is 2.51. The lowest BCUT2D eigenvalue weighted by atomic mass is 9.85. The topological polar surface area (TPSA) is 17.1 Å². The van der Waals surface area contributed by atoms with E-state index in [9.17, 15) is 4.79 Å². The first-order valence-electron chi connectivity index (χ1n) is 4.36. The largest absolute Gasteiger partial charge is 0.299 e. The highest BCUT2D eigenvalue weighted by atomic mass is 16.1. The van der Waals surface area contributed by atoms with Crippen LogP contribution < -0.4 is 0 Å². The summed E-state index contributed by atoms with van der Waals surface area (Å²) in [5, 5.41) is 0. The van der Waals surface area contributed by atoms with E-state index < -0.39 is 0 Å². The van der Waals surface area contributed by atoms with Crippen molar-refractivity contribution in [3.8, 4) is 0 Å². The van der Waals surface area contributed by atoms with Crippen LogP contribution in [0.4, 0.5) is 0 Å². The molecule has 3 aliphatic carbocycles. The molecule has 2 atom stereocenters. The van der Waals surface area contributed by atoms with Crippen molar-refractivity contribution < 1.29 is 4.79 Å². The van der Waals surface area contributed by atoms with Gasteiger partial charge >= 0.3 is 0 Å². The first-order valence-corrected chi connectivity index (χ1v) is 4.36. The number of carbonyl (C=O) groups excluding carboxylic acids is 1. The highest BCUT2D eigenvalue weighted by Crippen LogP contribution is 2.62. The minimum absolute atomic E-state index is 0.262. The Bertz CT molecular complexity index is 203. The fraction of sp³-hybridized carbons (Fsp3) is 0.889. The van der Waals surface area contributed by atoms with Gasteiger partial charge < -0.3 is 0 Å². The molecule has 0 aromatic rings. The summed E-state index contributed by atoms with van der Waals surface area (Å²) < 4.78 is 0. The van der Waals surface area contributed by atoms with Crippen LogP contribution in [-0.2, 0) is 4.79 Å². The quantitative estimate of drug-likeness (QED) is 0.496. The first-order chi connectivity index (χ1) is 4.82. The molecule has 3 fully saturated rings. The third kappa shape index (κ3) is 0.480. The van der Waals surface area contributed by atoms with Crippen LogP contribution in [0.15, 0.2) is 0 Å². The third-order valence-electron chi connectivity index (χ3n) is 3.63. The Hall–Kier alpha value is -0.330. The average Bonchev–Trinajstić information content (AvgIpc) is 2.80. The van der Waals surface area contributed by atoms with E-state index in [2.05, 4.69) is 0 Å². The summed E-state index contributed by atoms with van der Waals surface area (Å²) in [5.74, 6) is 2.01. The van der Waals surface area contributed by atoms with Gasteiger partial charge in [0.05, 0.1) is 0 Å². The first kappa shape index (κ1) is 5.34. The zero-order valence-corrected chi connectivity index (χ0v) is 6.10. The summed E-state index contributed by atoms with van der Waals surface area (Å²) in [4.78, 5) is 11.6. The number of Topliss-reactive ketones (excluding diaryl/α,β-unsaturated/α-hetero) is 1. The molecule has 54 valence electrons. The van der Waals surface area contributed by atoms with Crippen molar-refractivity contribution in [3.05, 3.63) is 0 Å². The van der Waals surface area contributed by atoms with Gasteiger partial charge in [0, 0.05) is 11.3 Å². The van der Waals surface area contributed by atoms with E-state index in [4.69, 9.17) is 0 Å². The van der Waals surface area contributed by atoms with Crippen molar-refractivity contribution in [1.29, 1.82) is 0 Å². The smallest absolute Gasteiger partial charge is 0.142 e. The van der Waals surface area contributed by atoms with Gasteiger partial charge in [-0.05, 0) is 38.0 Å². The zero-order chi connectivity index (χ0) is 6.77. The maximum Gasteiger partial charge on any atom is 0.142 e. The molecular weight excluding hydrogens is 124 g/mol. The lowest BCUT2D eigenvalue weighted by Crippen LogP contribution is -2.22. The molecule has 3 saturated carbocycles. The lowest BCUT2D eigenvalue weighted by Gasteiger charge is -2.17. The molecule has 0 N–H and O–H groups in total. The van der Waals surface area contributed by atoms with E-state index >= 15 is 0 Å². The number of hydrogen-bond donors (Lipinski definition) is 0. The van der Waals surface area contributed by atoms with Crippen LogP contribution in [0.5, 0.6) is 0 Å². The number of hydrogen-bond acceptors (Lipinski definition) is 1. The minimum atomic E-state index is 0.262. The van der Waals surface area contributed by atoms with Crippen molar-refractivity contribution in [3.63, 3.8) is 0 Å². The predicted octanol–water partition coefficient (Wildman–Crippen LogP) is 1.77. The molecule has 0 amide bonds. The number of fused-ring (bicyclic) bond motifs is 1. The van der Waals surface area contributed by atoms with Gasteiger partial charge in [-0.1, -0.05) is 0 Å². The second kappa shape index (κ2) is 1.32. The molecule has 0 bridgehead atoms. The van der Waals surface area contributed by atoms with Crippen LogP contribution in [0.2, 0.25) is 0 Å². The van der Waals surface area contributed by atoms with Gasteiger partial charge in [-0.2, -0.15) is 0 Å².